The molecule has 0 aliphatic carbocycles. The highest BCUT2D eigenvalue weighted by Gasteiger charge is 2.46. The molecule has 0 aromatic carbocycles. The Bertz CT molecular complexity index is 450. The Morgan fingerprint density at radius 3 is 2.04 bits per heavy atom. The van der Waals surface area contributed by atoms with Gasteiger partial charge in [-0.05, 0) is 12.8 Å². The number of hydrogen-bond acceptors (Lipinski definition) is 6. The van der Waals surface area contributed by atoms with E-state index in [4.69, 9.17) is 24.7 Å². The van der Waals surface area contributed by atoms with Crippen LogP contribution in [0.3, 0.4) is 0 Å². The van der Waals surface area contributed by atoms with Crippen molar-refractivity contribution in [3.05, 3.63) is 0 Å². The van der Waals surface area contributed by atoms with Crippen molar-refractivity contribution < 1.29 is 19.0 Å². The molecule has 0 aromatic rings. The molecule has 0 unspecified atom stereocenters. The quantitative estimate of drug-likeness (QED) is 0.542. The zero-order valence-electron chi connectivity index (χ0n) is 14.6. The molecule has 134 valence electrons. The van der Waals surface area contributed by atoms with Gasteiger partial charge in [0.1, 0.15) is 0 Å². The van der Waals surface area contributed by atoms with E-state index in [0.29, 0.717) is 52.1 Å². The topological polar surface area (TPSA) is 104 Å². The van der Waals surface area contributed by atoms with E-state index in [1.54, 1.807) is 0 Å². The second-order valence-corrected chi connectivity index (χ2v) is 6.14. The SMILES string of the molecule is CCC(COCCC#N)(COCCC#N)NC(=O)C1(CC)COC1. The number of nitrogens with zero attached hydrogens (tertiary/aromatic N) is 2. The second-order valence-electron chi connectivity index (χ2n) is 6.14. The first-order chi connectivity index (χ1) is 11.6. The maximum Gasteiger partial charge on any atom is 0.231 e. The van der Waals surface area contributed by atoms with Crippen LogP contribution in [0.2, 0.25) is 0 Å². The Morgan fingerprint density at radius 2 is 1.71 bits per heavy atom. The van der Waals surface area contributed by atoms with Crippen LogP contribution < -0.4 is 5.32 Å². The monoisotopic (exact) mass is 337 g/mol. The summed E-state index contributed by atoms with van der Waals surface area (Å²) in [6.45, 7) is 5.95. The number of hydrogen-bond donors (Lipinski definition) is 1. The van der Waals surface area contributed by atoms with Crippen molar-refractivity contribution in [2.75, 3.05) is 39.6 Å². The average molecular weight is 337 g/mol. The third-order valence-electron chi connectivity index (χ3n) is 4.44. The van der Waals surface area contributed by atoms with Crippen LogP contribution in [0.25, 0.3) is 0 Å². The molecule has 0 atom stereocenters. The minimum Gasteiger partial charge on any atom is -0.379 e. The number of rotatable bonds is 12. The highest BCUT2D eigenvalue weighted by molar-refractivity contribution is 5.84. The van der Waals surface area contributed by atoms with Crippen molar-refractivity contribution >= 4 is 5.91 Å². The lowest BCUT2D eigenvalue weighted by Gasteiger charge is -2.43. The lowest BCUT2D eigenvalue weighted by molar-refractivity contribution is -0.166. The van der Waals surface area contributed by atoms with Crippen LogP contribution >= 0.6 is 0 Å². The molecule has 1 heterocycles. The second kappa shape index (κ2) is 10.2. The molecule has 0 bridgehead atoms. The fourth-order valence-corrected chi connectivity index (χ4v) is 2.39. The number of ether oxygens (including phenoxy) is 3. The smallest absolute Gasteiger partial charge is 0.231 e. The lowest BCUT2D eigenvalue weighted by Crippen LogP contribution is -2.62. The summed E-state index contributed by atoms with van der Waals surface area (Å²) < 4.78 is 16.4. The largest absolute Gasteiger partial charge is 0.379 e. The molecule has 7 heteroatoms. The summed E-state index contributed by atoms with van der Waals surface area (Å²) in [5.41, 5.74) is -1.14. The first-order valence-electron chi connectivity index (χ1n) is 8.38. The molecule has 0 saturated carbocycles. The van der Waals surface area contributed by atoms with E-state index in [0.717, 1.165) is 0 Å². The highest BCUT2D eigenvalue weighted by atomic mass is 16.5. The van der Waals surface area contributed by atoms with Gasteiger partial charge in [-0.2, -0.15) is 10.5 Å². The third-order valence-corrected chi connectivity index (χ3v) is 4.44. The molecule has 1 aliphatic rings. The molecule has 24 heavy (non-hydrogen) atoms. The summed E-state index contributed by atoms with van der Waals surface area (Å²) in [5.74, 6) is -0.0501. The first kappa shape index (κ1) is 20.4. The molecule has 1 amide bonds. The van der Waals surface area contributed by atoms with E-state index in [9.17, 15) is 4.79 Å². The fourth-order valence-electron chi connectivity index (χ4n) is 2.39. The standard InChI is InChI=1S/C17H27N3O4/c1-3-16(11-24-12-16)15(21)20-17(4-2,13-22-9-5-7-18)14-23-10-6-8-19/h3-6,9-14H2,1-2H3,(H,20,21). The lowest BCUT2D eigenvalue weighted by atomic mass is 9.81. The molecule has 1 saturated heterocycles. The van der Waals surface area contributed by atoms with Gasteiger partial charge in [0.25, 0.3) is 0 Å². The van der Waals surface area contributed by atoms with Gasteiger partial charge in [0, 0.05) is 0 Å². The number of nitriles is 2. The minimum absolute atomic E-state index is 0.0501. The van der Waals surface area contributed by atoms with E-state index in [2.05, 4.69) is 5.32 Å². The number of nitrogens with one attached hydrogen (secondary N) is 1. The van der Waals surface area contributed by atoms with Gasteiger partial charge >= 0.3 is 0 Å². The van der Waals surface area contributed by atoms with Gasteiger partial charge in [0.05, 0.1) is 75.6 Å². The van der Waals surface area contributed by atoms with E-state index in [-0.39, 0.29) is 19.1 Å². The summed E-state index contributed by atoms with van der Waals surface area (Å²) >= 11 is 0. The summed E-state index contributed by atoms with van der Waals surface area (Å²) in [7, 11) is 0. The van der Waals surface area contributed by atoms with Gasteiger partial charge in [-0.15, -0.1) is 0 Å². The average Bonchev–Trinajstić information content (AvgIpc) is 2.55. The maximum absolute atomic E-state index is 12.7. The molecular formula is C17H27N3O4. The van der Waals surface area contributed by atoms with Crippen LogP contribution in [0.5, 0.6) is 0 Å². The highest BCUT2D eigenvalue weighted by Crippen LogP contribution is 2.32. The van der Waals surface area contributed by atoms with Crippen molar-refractivity contribution in [1.82, 2.24) is 5.32 Å². The summed E-state index contributed by atoms with van der Waals surface area (Å²) in [6.07, 6.45) is 1.94. The summed E-state index contributed by atoms with van der Waals surface area (Å²) in [5, 5.41) is 20.3. The van der Waals surface area contributed by atoms with Crippen LogP contribution in [0.15, 0.2) is 0 Å². The van der Waals surface area contributed by atoms with E-state index in [1.807, 2.05) is 26.0 Å². The third kappa shape index (κ3) is 5.45. The van der Waals surface area contributed by atoms with Crippen molar-refractivity contribution in [3.63, 3.8) is 0 Å². The molecule has 0 aromatic heterocycles. The molecule has 7 nitrogen and oxygen atoms in total. The molecule has 1 rings (SSSR count). The van der Waals surface area contributed by atoms with Gasteiger partial charge < -0.3 is 19.5 Å². The van der Waals surface area contributed by atoms with E-state index in [1.165, 1.54) is 0 Å². The number of amides is 1. The normalized spacial score (nSPS) is 15.8. The van der Waals surface area contributed by atoms with Crippen molar-refractivity contribution in [2.45, 2.75) is 45.1 Å². The van der Waals surface area contributed by atoms with Crippen molar-refractivity contribution in [2.24, 2.45) is 5.41 Å². The van der Waals surface area contributed by atoms with E-state index < -0.39 is 11.0 Å². The molecule has 0 radical (unpaired) electrons. The van der Waals surface area contributed by atoms with Crippen LogP contribution in [0.4, 0.5) is 0 Å². The van der Waals surface area contributed by atoms with Gasteiger partial charge in [0.15, 0.2) is 0 Å². The Hall–Kier alpha value is -1.67. The molecule has 1 N–H and O–H groups in total. The predicted molar refractivity (Wildman–Crippen MR) is 86.8 cm³/mol. The van der Waals surface area contributed by atoms with Gasteiger partial charge in [-0.3, -0.25) is 4.79 Å². The summed E-state index contributed by atoms with van der Waals surface area (Å²) in [6, 6.07) is 4.06. The Kier molecular flexibility index (Phi) is 8.70. The number of carbonyl (C=O) groups excluding carboxylic acids is 1. The van der Waals surface area contributed by atoms with E-state index >= 15 is 0 Å². The zero-order valence-corrected chi connectivity index (χ0v) is 14.6. The molecular weight excluding hydrogens is 310 g/mol. The van der Waals surface area contributed by atoms with Gasteiger partial charge in [0.2, 0.25) is 5.91 Å². The first-order valence-corrected chi connectivity index (χ1v) is 8.38. The summed E-state index contributed by atoms with van der Waals surface area (Å²) in [4.78, 5) is 12.7. The zero-order chi connectivity index (χ0) is 17.9. The number of carbonyl (C=O) groups is 1. The molecule has 0 spiro atoms. The van der Waals surface area contributed by atoms with Crippen molar-refractivity contribution in [3.8, 4) is 12.1 Å². The van der Waals surface area contributed by atoms with Crippen LogP contribution in [-0.4, -0.2) is 51.1 Å². The van der Waals surface area contributed by atoms with Gasteiger partial charge in [-0.1, -0.05) is 13.8 Å². The minimum atomic E-state index is -0.667. The van der Waals surface area contributed by atoms with Crippen LogP contribution in [-0.2, 0) is 19.0 Å². The van der Waals surface area contributed by atoms with Crippen molar-refractivity contribution in [1.29, 1.82) is 10.5 Å². The Labute approximate surface area is 143 Å². The van der Waals surface area contributed by atoms with Gasteiger partial charge in [-0.25, -0.2) is 0 Å². The Balaban J connectivity index is 2.71. The van der Waals surface area contributed by atoms with Crippen LogP contribution in [0, 0.1) is 28.1 Å². The van der Waals surface area contributed by atoms with Crippen LogP contribution in [0.1, 0.15) is 39.5 Å². The fraction of sp³-hybridized carbons (Fsp3) is 0.824. The molecule has 1 aliphatic heterocycles. The maximum atomic E-state index is 12.7. The Morgan fingerprint density at radius 1 is 1.17 bits per heavy atom. The predicted octanol–water partition coefficient (Wildman–Crippen LogP) is 1.54. The molecule has 1 fully saturated rings.